The van der Waals surface area contributed by atoms with Crippen molar-refractivity contribution in [2.75, 3.05) is 0 Å². The molecule has 2 rings (SSSR count). The van der Waals surface area contributed by atoms with Gasteiger partial charge in [-0.1, -0.05) is 54.6 Å². The van der Waals surface area contributed by atoms with Crippen LogP contribution in [-0.4, -0.2) is 23.3 Å². The van der Waals surface area contributed by atoms with Crippen LogP contribution in [0.4, 0.5) is 0 Å². The van der Waals surface area contributed by atoms with Crippen LogP contribution < -0.4 is 0 Å². The maximum Gasteiger partial charge on any atom is 0.303 e. The van der Waals surface area contributed by atoms with Crippen LogP contribution in [0.3, 0.4) is 0 Å². The molecule has 1 heterocycles. The molecule has 23 heavy (non-hydrogen) atoms. The summed E-state index contributed by atoms with van der Waals surface area (Å²) in [5.74, 6) is -0.718. The predicted molar refractivity (Wildman–Crippen MR) is 92.4 cm³/mol. The van der Waals surface area contributed by atoms with Crippen LogP contribution in [0.5, 0.6) is 0 Å². The lowest BCUT2D eigenvalue weighted by atomic mass is 10.1. The van der Waals surface area contributed by atoms with E-state index in [0.29, 0.717) is 18.6 Å². The Morgan fingerprint density at radius 2 is 1.87 bits per heavy atom. The van der Waals surface area contributed by atoms with E-state index in [1.165, 1.54) is 5.56 Å². The van der Waals surface area contributed by atoms with Gasteiger partial charge in [0.2, 0.25) is 0 Å². The molecule has 0 aliphatic carbocycles. The normalized spacial score (nSPS) is 20.3. The molecule has 124 valence electrons. The second-order valence-electron chi connectivity index (χ2n) is 5.94. The smallest absolute Gasteiger partial charge is 0.303 e. The van der Waals surface area contributed by atoms with Crippen molar-refractivity contribution in [3.05, 3.63) is 60.2 Å². The number of ether oxygens (including phenoxy) is 1. The monoisotopic (exact) mass is 314 g/mol. The number of aryl methyl sites for hydroxylation is 1. The lowest BCUT2D eigenvalue weighted by Crippen LogP contribution is -1.95. The summed E-state index contributed by atoms with van der Waals surface area (Å²) in [6, 6.07) is 10.5. The molecule has 1 saturated heterocycles. The molecule has 0 unspecified atom stereocenters. The van der Waals surface area contributed by atoms with Gasteiger partial charge in [-0.15, -0.1) is 0 Å². The van der Waals surface area contributed by atoms with E-state index in [-0.39, 0.29) is 6.42 Å². The summed E-state index contributed by atoms with van der Waals surface area (Å²) in [6.07, 6.45) is 15.2. The molecule has 1 aromatic rings. The number of carboxylic acids is 1. The Balaban J connectivity index is 1.47. The van der Waals surface area contributed by atoms with E-state index in [4.69, 9.17) is 9.84 Å². The second kappa shape index (κ2) is 10.0. The Morgan fingerprint density at radius 1 is 1.09 bits per heavy atom. The number of allylic oxidation sites excluding steroid dienone is 3. The maximum absolute atomic E-state index is 10.3. The van der Waals surface area contributed by atoms with E-state index in [2.05, 4.69) is 48.6 Å². The van der Waals surface area contributed by atoms with Crippen molar-refractivity contribution in [2.24, 2.45) is 0 Å². The molecular formula is C20H26O3. The molecule has 0 spiro atoms. The van der Waals surface area contributed by atoms with E-state index in [1.54, 1.807) is 0 Å². The summed E-state index contributed by atoms with van der Waals surface area (Å²) in [7, 11) is 0. The van der Waals surface area contributed by atoms with Crippen LogP contribution >= 0.6 is 0 Å². The first kappa shape index (κ1) is 17.5. The molecule has 3 heteroatoms. The summed E-state index contributed by atoms with van der Waals surface area (Å²) in [5.41, 5.74) is 1.38. The SMILES string of the molecule is O=C(O)CCC/C=C/C/C=C/C[C@@H]1O[C@@H]1CCc1ccccc1. The van der Waals surface area contributed by atoms with E-state index in [1.807, 2.05) is 6.07 Å². The third kappa shape index (κ3) is 7.80. The highest BCUT2D eigenvalue weighted by Gasteiger charge is 2.36. The molecule has 1 aliphatic heterocycles. The van der Waals surface area contributed by atoms with E-state index >= 15 is 0 Å². The molecule has 3 nitrogen and oxygen atoms in total. The van der Waals surface area contributed by atoms with Gasteiger partial charge in [0.05, 0.1) is 12.2 Å². The van der Waals surface area contributed by atoms with Gasteiger partial charge >= 0.3 is 5.97 Å². The Hall–Kier alpha value is -1.87. The Bertz CT molecular complexity index is 519. The molecule has 1 aromatic carbocycles. The topological polar surface area (TPSA) is 49.8 Å². The van der Waals surface area contributed by atoms with E-state index in [0.717, 1.165) is 32.1 Å². The number of rotatable bonds is 11. The van der Waals surface area contributed by atoms with Crippen LogP contribution in [0.1, 0.15) is 44.1 Å². The Kier molecular flexibility index (Phi) is 7.61. The number of unbranched alkanes of at least 4 members (excludes halogenated alkanes) is 1. The average Bonchev–Trinajstić information content (AvgIpc) is 3.30. The van der Waals surface area contributed by atoms with E-state index in [9.17, 15) is 4.79 Å². The maximum atomic E-state index is 10.3. The molecule has 1 fully saturated rings. The van der Waals surface area contributed by atoms with Gasteiger partial charge in [-0.25, -0.2) is 0 Å². The second-order valence-corrected chi connectivity index (χ2v) is 5.94. The van der Waals surface area contributed by atoms with Crippen LogP contribution in [0.25, 0.3) is 0 Å². The molecular weight excluding hydrogens is 288 g/mol. The molecule has 0 aromatic heterocycles. The van der Waals surface area contributed by atoms with Crippen LogP contribution in [0.15, 0.2) is 54.6 Å². The van der Waals surface area contributed by atoms with Crippen molar-refractivity contribution in [1.29, 1.82) is 0 Å². The molecule has 0 amide bonds. The van der Waals surface area contributed by atoms with Gasteiger partial charge in [0.25, 0.3) is 0 Å². The number of aliphatic carboxylic acids is 1. The summed E-state index contributed by atoms with van der Waals surface area (Å²) in [5, 5.41) is 8.52. The summed E-state index contributed by atoms with van der Waals surface area (Å²) < 4.78 is 5.70. The standard InChI is InChI=1S/C20H26O3/c21-20(22)14-10-5-3-1-2-4-9-13-18-19(23-18)16-15-17-11-7-6-8-12-17/h1,3-4,6-9,11-12,18-19H,2,5,10,13-16H2,(H,21,22)/b3-1+,9-4+/t18-,19+/m0/s1. The largest absolute Gasteiger partial charge is 0.481 e. The minimum atomic E-state index is -0.718. The average molecular weight is 314 g/mol. The minimum Gasteiger partial charge on any atom is -0.481 e. The fourth-order valence-electron chi connectivity index (χ4n) is 2.58. The highest BCUT2D eigenvalue weighted by atomic mass is 16.6. The van der Waals surface area contributed by atoms with Gasteiger partial charge in [0.1, 0.15) is 0 Å². The van der Waals surface area contributed by atoms with Crippen molar-refractivity contribution in [3.63, 3.8) is 0 Å². The van der Waals surface area contributed by atoms with E-state index < -0.39 is 5.97 Å². The number of hydrogen-bond acceptors (Lipinski definition) is 2. The zero-order valence-corrected chi connectivity index (χ0v) is 13.6. The van der Waals surface area contributed by atoms with Crippen LogP contribution in [0, 0.1) is 0 Å². The predicted octanol–water partition coefficient (Wildman–Crippen LogP) is 4.53. The fourth-order valence-corrected chi connectivity index (χ4v) is 2.58. The summed E-state index contributed by atoms with van der Waals surface area (Å²) in [6.45, 7) is 0. The van der Waals surface area contributed by atoms with Gasteiger partial charge in [0.15, 0.2) is 0 Å². The van der Waals surface area contributed by atoms with Crippen molar-refractivity contribution >= 4 is 5.97 Å². The highest BCUT2D eigenvalue weighted by Crippen LogP contribution is 2.29. The molecule has 0 bridgehead atoms. The van der Waals surface area contributed by atoms with Gasteiger partial charge in [-0.3, -0.25) is 4.79 Å². The number of carbonyl (C=O) groups is 1. The van der Waals surface area contributed by atoms with Crippen molar-refractivity contribution in [1.82, 2.24) is 0 Å². The number of epoxide rings is 1. The fraction of sp³-hybridized carbons (Fsp3) is 0.450. The Morgan fingerprint density at radius 3 is 2.65 bits per heavy atom. The first-order valence-corrected chi connectivity index (χ1v) is 8.47. The summed E-state index contributed by atoms with van der Waals surface area (Å²) >= 11 is 0. The van der Waals surface area contributed by atoms with Gasteiger partial charge in [0, 0.05) is 6.42 Å². The molecule has 2 atom stereocenters. The number of carboxylic acid groups (broad SMARTS) is 1. The van der Waals surface area contributed by atoms with Crippen LogP contribution in [-0.2, 0) is 16.0 Å². The third-order valence-electron chi connectivity index (χ3n) is 3.98. The first-order valence-electron chi connectivity index (χ1n) is 8.47. The van der Waals surface area contributed by atoms with Gasteiger partial charge in [-0.2, -0.15) is 0 Å². The van der Waals surface area contributed by atoms with Crippen molar-refractivity contribution in [3.8, 4) is 0 Å². The molecule has 0 radical (unpaired) electrons. The number of hydrogen-bond donors (Lipinski definition) is 1. The van der Waals surface area contributed by atoms with Gasteiger partial charge < -0.3 is 9.84 Å². The molecule has 0 saturated carbocycles. The molecule has 1 N–H and O–H groups in total. The third-order valence-corrected chi connectivity index (χ3v) is 3.98. The molecule has 1 aliphatic rings. The lowest BCUT2D eigenvalue weighted by Gasteiger charge is -1.97. The van der Waals surface area contributed by atoms with Crippen molar-refractivity contribution < 1.29 is 14.6 Å². The lowest BCUT2D eigenvalue weighted by molar-refractivity contribution is -0.137. The minimum absolute atomic E-state index is 0.254. The van der Waals surface area contributed by atoms with Gasteiger partial charge in [-0.05, 0) is 44.1 Å². The zero-order valence-electron chi connectivity index (χ0n) is 13.6. The van der Waals surface area contributed by atoms with Crippen LogP contribution in [0.2, 0.25) is 0 Å². The zero-order chi connectivity index (χ0) is 16.3. The highest BCUT2D eigenvalue weighted by molar-refractivity contribution is 5.66. The quantitative estimate of drug-likeness (QED) is 0.371. The van der Waals surface area contributed by atoms with Crippen molar-refractivity contribution in [2.45, 2.75) is 57.2 Å². The number of benzene rings is 1. The summed E-state index contributed by atoms with van der Waals surface area (Å²) in [4.78, 5) is 10.3. The Labute approximate surface area is 138 Å². The first-order chi connectivity index (χ1) is 11.3.